The van der Waals surface area contributed by atoms with Crippen molar-refractivity contribution in [2.45, 2.75) is 24.6 Å². The van der Waals surface area contributed by atoms with Gasteiger partial charge in [0.15, 0.2) is 0 Å². The first kappa shape index (κ1) is 21.1. The smallest absolute Gasteiger partial charge is 0.256 e. The molecule has 0 atom stereocenters. The highest BCUT2D eigenvalue weighted by atomic mass is 32.2. The van der Waals surface area contributed by atoms with Crippen molar-refractivity contribution in [3.05, 3.63) is 95.6 Å². The van der Waals surface area contributed by atoms with Gasteiger partial charge in [0.05, 0.1) is 18.5 Å². The van der Waals surface area contributed by atoms with Gasteiger partial charge in [-0.05, 0) is 35.4 Å². The van der Waals surface area contributed by atoms with Crippen molar-refractivity contribution < 1.29 is 14.0 Å². The predicted molar refractivity (Wildman–Crippen MR) is 128 cm³/mol. The van der Waals surface area contributed by atoms with Crippen molar-refractivity contribution in [3.63, 3.8) is 0 Å². The van der Waals surface area contributed by atoms with Crippen molar-refractivity contribution in [3.8, 4) is 11.1 Å². The van der Waals surface area contributed by atoms with Gasteiger partial charge in [-0.15, -0.1) is 0 Å². The Labute approximate surface area is 195 Å². The van der Waals surface area contributed by atoms with Crippen LogP contribution in [0.1, 0.15) is 27.4 Å². The number of amides is 2. The Balaban J connectivity index is 1.30. The molecule has 0 bridgehead atoms. The maximum atomic E-state index is 13.0. The van der Waals surface area contributed by atoms with Gasteiger partial charge in [-0.2, -0.15) is 16.9 Å². The minimum Gasteiger partial charge on any atom is -0.467 e. The molecule has 8 heteroatoms. The van der Waals surface area contributed by atoms with Crippen molar-refractivity contribution in [1.82, 2.24) is 15.1 Å². The monoisotopic (exact) mass is 458 g/mol. The number of nitrogens with one attached hydrogen (secondary N) is 2. The molecule has 166 valence electrons. The Kier molecular flexibility index (Phi) is 5.99. The molecule has 1 aliphatic heterocycles. The average Bonchev–Trinajstić information content (AvgIpc) is 3.59. The van der Waals surface area contributed by atoms with Gasteiger partial charge in [-0.25, -0.2) is 4.68 Å². The lowest BCUT2D eigenvalue weighted by Crippen LogP contribution is -2.28. The van der Waals surface area contributed by atoms with E-state index >= 15 is 0 Å². The first-order valence-corrected chi connectivity index (χ1v) is 11.7. The highest BCUT2D eigenvalue weighted by Gasteiger charge is 2.25. The molecule has 0 fully saturated rings. The molecule has 2 aromatic heterocycles. The second-order valence-electron chi connectivity index (χ2n) is 7.68. The Bertz CT molecular complexity index is 1270. The zero-order chi connectivity index (χ0) is 22.6. The van der Waals surface area contributed by atoms with Crippen LogP contribution in [0.4, 0.5) is 5.82 Å². The minimum absolute atomic E-state index is 0.0148. The van der Waals surface area contributed by atoms with E-state index in [1.165, 1.54) is 0 Å². The van der Waals surface area contributed by atoms with Crippen molar-refractivity contribution in [2.75, 3.05) is 5.32 Å². The summed E-state index contributed by atoms with van der Waals surface area (Å²) >= 11 is 1.74. The van der Waals surface area contributed by atoms with Gasteiger partial charge in [0.1, 0.15) is 18.1 Å². The fourth-order valence-corrected chi connectivity index (χ4v) is 4.77. The van der Waals surface area contributed by atoms with Crippen LogP contribution in [0.15, 0.2) is 77.4 Å². The highest BCUT2D eigenvalue weighted by Crippen LogP contribution is 2.35. The van der Waals surface area contributed by atoms with E-state index in [1.807, 2.05) is 54.6 Å². The normalized spacial score (nSPS) is 12.4. The molecule has 2 N–H and O–H groups in total. The van der Waals surface area contributed by atoms with E-state index in [0.717, 1.165) is 33.9 Å². The number of carbonyl (C=O) groups excluding carboxylic acids is 2. The van der Waals surface area contributed by atoms with Crippen molar-refractivity contribution in [1.29, 1.82) is 0 Å². The summed E-state index contributed by atoms with van der Waals surface area (Å²) in [6, 6.07) is 21.1. The number of benzene rings is 2. The molecular formula is C25H22N4O3S. The molecule has 0 spiro atoms. The van der Waals surface area contributed by atoms with Gasteiger partial charge in [-0.3, -0.25) is 9.59 Å². The van der Waals surface area contributed by atoms with Crippen molar-refractivity contribution >= 4 is 29.4 Å². The zero-order valence-electron chi connectivity index (χ0n) is 17.8. The second-order valence-corrected chi connectivity index (χ2v) is 8.66. The van der Waals surface area contributed by atoms with Crippen LogP contribution in [-0.4, -0.2) is 21.6 Å². The molecule has 0 saturated heterocycles. The predicted octanol–water partition coefficient (Wildman–Crippen LogP) is 4.46. The SMILES string of the molecule is O=C(Cn1nc2c(c1NC(=O)c1ccc(-c3ccccc3)cc1)CSC2)NCc1ccco1. The van der Waals surface area contributed by atoms with E-state index in [0.29, 0.717) is 23.7 Å². The summed E-state index contributed by atoms with van der Waals surface area (Å²) in [4.78, 5) is 25.5. The average molecular weight is 459 g/mol. The number of hydrogen-bond acceptors (Lipinski definition) is 5. The van der Waals surface area contributed by atoms with Gasteiger partial charge < -0.3 is 15.1 Å². The third-order valence-electron chi connectivity index (χ3n) is 5.44. The summed E-state index contributed by atoms with van der Waals surface area (Å²) in [5.41, 5.74) is 4.58. The Morgan fingerprint density at radius 1 is 0.970 bits per heavy atom. The molecule has 4 aromatic rings. The van der Waals surface area contributed by atoms with Crippen LogP contribution >= 0.6 is 11.8 Å². The summed E-state index contributed by atoms with van der Waals surface area (Å²) in [6.45, 7) is 0.319. The number of nitrogens with zero attached hydrogens (tertiary/aromatic N) is 2. The van der Waals surface area contributed by atoms with Crippen LogP contribution in [0.25, 0.3) is 11.1 Å². The number of rotatable bonds is 7. The molecular weight excluding hydrogens is 436 g/mol. The van der Waals surface area contributed by atoms with Gasteiger partial charge in [-0.1, -0.05) is 42.5 Å². The van der Waals surface area contributed by atoms with E-state index < -0.39 is 0 Å². The molecule has 2 aromatic carbocycles. The molecule has 0 aliphatic carbocycles. The summed E-state index contributed by atoms with van der Waals surface area (Å²) in [6.07, 6.45) is 1.57. The lowest BCUT2D eigenvalue weighted by Gasteiger charge is -2.11. The molecule has 0 saturated carbocycles. The molecule has 3 heterocycles. The Hall–Kier alpha value is -3.78. The highest BCUT2D eigenvalue weighted by molar-refractivity contribution is 7.98. The number of aromatic nitrogens is 2. The zero-order valence-corrected chi connectivity index (χ0v) is 18.6. The van der Waals surface area contributed by atoms with Gasteiger partial charge in [0.25, 0.3) is 5.91 Å². The van der Waals surface area contributed by atoms with Gasteiger partial charge in [0.2, 0.25) is 5.91 Å². The van der Waals surface area contributed by atoms with E-state index in [2.05, 4.69) is 15.7 Å². The minimum atomic E-state index is -0.230. The van der Waals surface area contributed by atoms with E-state index in [9.17, 15) is 9.59 Å². The Morgan fingerprint density at radius 3 is 2.52 bits per heavy atom. The van der Waals surface area contributed by atoms with Gasteiger partial charge >= 0.3 is 0 Å². The number of fused-ring (bicyclic) bond motifs is 1. The lowest BCUT2D eigenvalue weighted by atomic mass is 10.0. The van der Waals surface area contributed by atoms with E-state index in [-0.39, 0.29) is 18.4 Å². The third-order valence-corrected chi connectivity index (χ3v) is 6.41. The number of hydrogen-bond donors (Lipinski definition) is 2. The maximum Gasteiger partial charge on any atom is 0.256 e. The quantitative estimate of drug-likeness (QED) is 0.427. The Morgan fingerprint density at radius 2 is 1.76 bits per heavy atom. The number of thioether (sulfide) groups is 1. The fraction of sp³-hybridized carbons (Fsp3) is 0.160. The summed E-state index contributed by atoms with van der Waals surface area (Å²) in [5, 5.41) is 10.4. The van der Waals surface area contributed by atoms with Crippen LogP contribution in [0, 0.1) is 0 Å². The molecule has 2 amide bonds. The molecule has 0 unspecified atom stereocenters. The fourth-order valence-electron chi connectivity index (χ4n) is 3.74. The van der Waals surface area contributed by atoms with Crippen LogP contribution < -0.4 is 10.6 Å². The second kappa shape index (κ2) is 9.38. The molecule has 0 radical (unpaired) electrons. The summed E-state index contributed by atoms with van der Waals surface area (Å²) < 4.78 is 6.83. The molecule has 7 nitrogen and oxygen atoms in total. The van der Waals surface area contributed by atoms with Crippen LogP contribution in [0.3, 0.4) is 0 Å². The van der Waals surface area contributed by atoms with Crippen LogP contribution in [0.5, 0.6) is 0 Å². The molecule has 5 rings (SSSR count). The molecule has 1 aliphatic rings. The van der Waals surface area contributed by atoms with Crippen molar-refractivity contribution in [2.24, 2.45) is 0 Å². The first-order valence-electron chi connectivity index (χ1n) is 10.6. The topological polar surface area (TPSA) is 89.2 Å². The van der Waals surface area contributed by atoms with Crippen LogP contribution in [0.2, 0.25) is 0 Å². The molecule has 33 heavy (non-hydrogen) atoms. The number of carbonyl (C=O) groups is 2. The van der Waals surface area contributed by atoms with Gasteiger partial charge in [0, 0.05) is 22.6 Å². The largest absolute Gasteiger partial charge is 0.467 e. The van der Waals surface area contributed by atoms with E-state index in [4.69, 9.17) is 4.42 Å². The van der Waals surface area contributed by atoms with E-state index in [1.54, 1.807) is 34.8 Å². The third kappa shape index (κ3) is 4.70. The lowest BCUT2D eigenvalue weighted by molar-refractivity contribution is -0.122. The summed E-state index contributed by atoms with van der Waals surface area (Å²) in [7, 11) is 0. The number of furan rings is 1. The maximum absolute atomic E-state index is 13.0. The standard InChI is InChI=1S/C25H22N4O3S/c30-23(26-13-20-7-4-12-32-20)14-29-24(21-15-33-16-22(21)28-29)27-25(31)19-10-8-18(9-11-19)17-5-2-1-3-6-17/h1-12H,13-16H2,(H,26,30)(H,27,31). The summed E-state index contributed by atoms with van der Waals surface area (Å²) in [5.74, 6) is 2.35. The van der Waals surface area contributed by atoms with Crippen LogP contribution in [-0.2, 0) is 29.4 Å². The first-order chi connectivity index (χ1) is 16.2. The number of anilines is 1.